The van der Waals surface area contributed by atoms with Gasteiger partial charge in [-0.15, -0.1) is 0 Å². The van der Waals surface area contributed by atoms with E-state index in [1.54, 1.807) is 0 Å². The van der Waals surface area contributed by atoms with Gasteiger partial charge in [-0.25, -0.2) is 0 Å². The van der Waals surface area contributed by atoms with E-state index in [0.29, 0.717) is 12.2 Å². The molecule has 1 saturated heterocycles. The third-order valence-electron chi connectivity index (χ3n) is 7.00. The highest BCUT2D eigenvalue weighted by Gasteiger charge is 2.21. The summed E-state index contributed by atoms with van der Waals surface area (Å²) < 4.78 is 11.8. The Morgan fingerprint density at radius 3 is 2.53 bits per heavy atom. The Bertz CT molecular complexity index is 1320. The molecule has 0 spiro atoms. The van der Waals surface area contributed by atoms with Gasteiger partial charge in [0, 0.05) is 23.7 Å². The highest BCUT2D eigenvalue weighted by atomic mass is 16.5. The van der Waals surface area contributed by atoms with Crippen LogP contribution in [0.5, 0.6) is 5.75 Å². The number of nitrogens with one attached hydrogen (secondary N) is 1. The fourth-order valence-electron chi connectivity index (χ4n) is 4.84. The van der Waals surface area contributed by atoms with E-state index in [4.69, 9.17) is 14.5 Å². The van der Waals surface area contributed by atoms with Gasteiger partial charge in [-0.2, -0.15) is 5.26 Å². The van der Waals surface area contributed by atoms with E-state index in [9.17, 15) is 0 Å². The van der Waals surface area contributed by atoms with Crippen LogP contribution in [0.1, 0.15) is 47.3 Å². The van der Waals surface area contributed by atoms with Crippen LogP contribution in [0.3, 0.4) is 0 Å². The first-order chi connectivity index (χ1) is 18.6. The first kappa shape index (κ1) is 27.3. The molecule has 0 aliphatic carbocycles. The van der Waals surface area contributed by atoms with Gasteiger partial charge in [-0.05, 0) is 108 Å². The van der Waals surface area contributed by atoms with Crippen LogP contribution in [0.25, 0.3) is 11.0 Å². The fraction of sp³-hybridized carbons (Fsp3) is 0.387. The molecule has 4 aromatic rings. The Hall–Kier alpha value is -3.73. The lowest BCUT2D eigenvalue weighted by atomic mass is 9.91. The molecule has 1 aliphatic rings. The van der Waals surface area contributed by atoms with Crippen molar-refractivity contribution in [3.8, 4) is 11.8 Å². The van der Waals surface area contributed by atoms with Crippen molar-refractivity contribution in [1.29, 1.82) is 5.26 Å². The Labute approximate surface area is 225 Å². The summed E-state index contributed by atoms with van der Waals surface area (Å²) in [6, 6.07) is 19.8. The number of piperidine rings is 1. The SMILES string of the molecule is CNC.Cc1c(OCc2ccc(C#N)cc2)ccc2c(CCC3CCN(Cc4ccccn4)CC3)noc12. The van der Waals surface area contributed by atoms with Gasteiger partial charge in [0.05, 0.1) is 23.0 Å². The number of fused-ring (bicyclic) bond motifs is 1. The molecule has 0 bridgehead atoms. The molecular weight excluding hydrogens is 474 g/mol. The van der Waals surface area contributed by atoms with Crippen molar-refractivity contribution in [3.05, 3.63) is 88.9 Å². The molecule has 1 fully saturated rings. The molecular formula is C31H37N5O2. The molecule has 1 N–H and O–H groups in total. The zero-order valence-electron chi connectivity index (χ0n) is 22.6. The van der Waals surface area contributed by atoms with Crippen molar-refractivity contribution in [2.45, 2.75) is 45.8 Å². The first-order valence-corrected chi connectivity index (χ1v) is 13.3. The minimum Gasteiger partial charge on any atom is -0.488 e. The van der Waals surface area contributed by atoms with Gasteiger partial charge < -0.3 is 14.6 Å². The van der Waals surface area contributed by atoms with Crippen LogP contribution < -0.4 is 10.1 Å². The number of pyridine rings is 1. The number of hydrogen-bond donors (Lipinski definition) is 1. The Morgan fingerprint density at radius 1 is 1.08 bits per heavy atom. The molecule has 7 nitrogen and oxygen atoms in total. The van der Waals surface area contributed by atoms with Crippen molar-refractivity contribution in [3.63, 3.8) is 0 Å². The lowest BCUT2D eigenvalue weighted by Crippen LogP contribution is -2.33. The van der Waals surface area contributed by atoms with Gasteiger partial charge in [0.1, 0.15) is 12.4 Å². The van der Waals surface area contributed by atoms with E-state index >= 15 is 0 Å². The molecule has 7 heteroatoms. The van der Waals surface area contributed by atoms with Crippen molar-refractivity contribution in [2.75, 3.05) is 27.2 Å². The standard InChI is InChI=1S/C29H30N4O2.C2H7N/c1-21-28(34-20-24-7-5-23(18-30)6-8-24)12-10-26-27(32-35-29(21)26)11-9-22-13-16-33(17-14-22)19-25-4-2-3-15-31-25;1-3-2/h2-8,10,12,15,22H,9,11,13-14,16-17,19-20H2,1H3;3H,1-2H3. The first-order valence-electron chi connectivity index (χ1n) is 13.3. The summed E-state index contributed by atoms with van der Waals surface area (Å²) in [5.74, 6) is 1.52. The third kappa shape index (κ3) is 7.18. The predicted molar refractivity (Wildman–Crippen MR) is 150 cm³/mol. The molecule has 3 heterocycles. The minimum absolute atomic E-state index is 0.443. The molecule has 5 rings (SSSR count). The highest BCUT2D eigenvalue weighted by molar-refractivity contribution is 5.84. The number of nitriles is 1. The van der Waals surface area contributed by atoms with Crippen LogP contribution in [-0.4, -0.2) is 42.2 Å². The van der Waals surface area contributed by atoms with Crippen LogP contribution in [0, 0.1) is 24.2 Å². The van der Waals surface area contributed by atoms with Crippen molar-refractivity contribution >= 4 is 11.0 Å². The molecule has 0 atom stereocenters. The van der Waals surface area contributed by atoms with Gasteiger partial charge in [0.15, 0.2) is 5.58 Å². The van der Waals surface area contributed by atoms with Crippen LogP contribution in [-0.2, 0) is 19.6 Å². The predicted octanol–water partition coefficient (Wildman–Crippen LogP) is 5.66. The van der Waals surface area contributed by atoms with Gasteiger partial charge >= 0.3 is 0 Å². The van der Waals surface area contributed by atoms with E-state index in [1.807, 2.05) is 63.6 Å². The molecule has 2 aromatic heterocycles. The van der Waals surface area contributed by atoms with Gasteiger partial charge in [-0.1, -0.05) is 23.4 Å². The third-order valence-corrected chi connectivity index (χ3v) is 7.00. The van der Waals surface area contributed by atoms with Crippen LogP contribution in [0.15, 0.2) is 65.3 Å². The molecule has 0 amide bonds. The van der Waals surface area contributed by atoms with Crippen molar-refractivity contribution in [2.24, 2.45) is 5.92 Å². The smallest absolute Gasteiger partial charge is 0.173 e. The summed E-state index contributed by atoms with van der Waals surface area (Å²) in [6.45, 7) is 5.65. The second-order valence-corrected chi connectivity index (χ2v) is 9.87. The largest absolute Gasteiger partial charge is 0.488 e. The lowest BCUT2D eigenvalue weighted by Gasteiger charge is -2.31. The number of aryl methyl sites for hydroxylation is 2. The fourth-order valence-corrected chi connectivity index (χ4v) is 4.84. The van der Waals surface area contributed by atoms with E-state index in [0.717, 1.165) is 77.6 Å². The number of hydrogen-bond acceptors (Lipinski definition) is 7. The lowest BCUT2D eigenvalue weighted by molar-refractivity contribution is 0.170. The number of ether oxygens (including phenoxy) is 1. The van der Waals surface area contributed by atoms with Gasteiger partial charge in [0.25, 0.3) is 0 Å². The Balaban J connectivity index is 0.00000107. The molecule has 0 unspecified atom stereocenters. The van der Waals surface area contributed by atoms with Crippen LogP contribution in [0.4, 0.5) is 0 Å². The zero-order chi connectivity index (χ0) is 26.7. The Kier molecular flexibility index (Phi) is 9.85. The number of likely N-dealkylation sites (tertiary alicyclic amines) is 1. The van der Waals surface area contributed by atoms with Gasteiger partial charge in [-0.3, -0.25) is 9.88 Å². The van der Waals surface area contributed by atoms with Crippen LogP contribution in [0.2, 0.25) is 0 Å². The topological polar surface area (TPSA) is 87.2 Å². The minimum atomic E-state index is 0.443. The van der Waals surface area contributed by atoms with Crippen molar-refractivity contribution < 1.29 is 9.26 Å². The molecule has 198 valence electrons. The zero-order valence-corrected chi connectivity index (χ0v) is 22.6. The summed E-state index contributed by atoms with van der Waals surface area (Å²) in [6.07, 6.45) is 6.37. The number of benzene rings is 2. The summed E-state index contributed by atoms with van der Waals surface area (Å²) in [5.41, 5.74) is 5.64. The highest BCUT2D eigenvalue weighted by Crippen LogP contribution is 2.31. The molecule has 2 aromatic carbocycles. The van der Waals surface area contributed by atoms with Gasteiger partial charge in [0.2, 0.25) is 0 Å². The second kappa shape index (κ2) is 13.7. The normalized spacial score (nSPS) is 14.1. The summed E-state index contributed by atoms with van der Waals surface area (Å²) in [5, 5.41) is 17.2. The van der Waals surface area contributed by atoms with Crippen LogP contribution >= 0.6 is 0 Å². The number of nitrogens with zero attached hydrogens (tertiary/aromatic N) is 4. The second-order valence-electron chi connectivity index (χ2n) is 9.87. The average molecular weight is 512 g/mol. The van der Waals surface area contributed by atoms with E-state index in [1.165, 1.54) is 12.8 Å². The molecule has 1 aliphatic heterocycles. The van der Waals surface area contributed by atoms with E-state index in [-0.39, 0.29) is 0 Å². The van der Waals surface area contributed by atoms with E-state index < -0.39 is 0 Å². The number of rotatable bonds is 8. The maximum atomic E-state index is 8.95. The van der Waals surface area contributed by atoms with Crippen molar-refractivity contribution in [1.82, 2.24) is 20.4 Å². The monoisotopic (exact) mass is 511 g/mol. The Morgan fingerprint density at radius 2 is 1.84 bits per heavy atom. The molecule has 0 radical (unpaired) electrons. The molecule has 38 heavy (non-hydrogen) atoms. The number of aromatic nitrogens is 2. The summed E-state index contributed by atoms with van der Waals surface area (Å²) in [4.78, 5) is 6.96. The average Bonchev–Trinajstić information content (AvgIpc) is 3.37. The summed E-state index contributed by atoms with van der Waals surface area (Å²) in [7, 11) is 3.75. The summed E-state index contributed by atoms with van der Waals surface area (Å²) >= 11 is 0. The van der Waals surface area contributed by atoms with E-state index in [2.05, 4.69) is 44.6 Å². The molecule has 0 saturated carbocycles. The quantitative estimate of drug-likeness (QED) is 0.326. The maximum Gasteiger partial charge on any atom is 0.173 e. The maximum absolute atomic E-state index is 8.95.